The van der Waals surface area contributed by atoms with Crippen LogP contribution in [0, 0.1) is 11.8 Å². The molecular weight excluding hydrogens is 182 g/mol. The largest absolute Gasteiger partial charge is 0.481 e. The Balaban J connectivity index is 2.20. The summed E-state index contributed by atoms with van der Waals surface area (Å²) in [5.41, 5.74) is 0. The molecule has 0 aromatic carbocycles. The average molecular weight is 201 g/mol. The summed E-state index contributed by atoms with van der Waals surface area (Å²) in [6.07, 6.45) is 0.492. The number of hydrogen-bond acceptors (Lipinski definition) is 3. The molecule has 0 saturated carbocycles. The molecule has 0 aromatic rings. The topological polar surface area (TPSA) is 60.8 Å². The Labute approximate surface area is 84.5 Å². The number of nitrogens with zero attached hydrogens (tertiary/aromatic N) is 1. The van der Waals surface area contributed by atoms with Gasteiger partial charge in [-0.15, -0.1) is 0 Å². The third-order valence-electron chi connectivity index (χ3n) is 3.02. The van der Waals surface area contributed by atoms with Gasteiger partial charge in [0.2, 0.25) is 0 Å². The van der Waals surface area contributed by atoms with Gasteiger partial charge in [0.25, 0.3) is 0 Å². The Kier molecular flexibility index (Phi) is 3.89. The summed E-state index contributed by atoms with van der Waals surface area (Å²) in [5, 5.41) is 18.1. The minimum atomic E-state index is -0.717. The van der Waals surface area contributed by atoms with Crippen LogP contribution in [0.25, 0.3) is 0 Å². The van der Waals surface area contributed by atoms with Crippen molar-refractivity contribution >= 4 is 5.97 Å². The van der Waals surface area contributed by atoms with E-state index in [1.807, 2.05) is 6.92 Å². The van der Waals surface area contributed by atoms with E-state index < -0.39 is 5.97 Å². The van der Waals surface area contributed by atoms with Gasteiger partial charge in [-0.25, -0.2) is 0 Å². The molecule has 0 amide bonds. The van der Waals surface area contributed by atoms with Crippen molar-refractivity contribution in [1.82, 2.24) is 4.90 Å². The number of rotatable bonds is 5. The number of aliphatic carboxylic acids is 1. The van der Waals surface area contributed by atoms with E-state index in [4.69, 9.17) is 5.11 Å². The Bertz CT molecular complexity index is 202. The first-order valence-electron chi connectivity index (χ1n) is 5.17. The first kappa shape index (κ1) is 11.5. The zero-order valence-corrected chi connectivity index (χ0v) is 8.81. The van der Waals surface area contributed by atoms with E-state index >= 15 is 0 Å². The average Bonchev–Trinajstić information content (AvgIpc) is 2.08. The molecule has 82 valence electrons. The Morgan fingerprint density at radius 2 is 2.14 bits per heavy atom. The maximum absolute atomic E-state index is 10.7. The van der Waals surface area contributed by atoms with Crippen LogP contribution in [0.5, 0.6) is 0 Å². The van der Waals surface area contributed by atoms with Gasteiger partial charge in [-0.1, -0.05) is 13.8 Å². The molecule has 1 aliphatic rings. The summed E-state index contributed by atoms with van der Waals surface area (Å²) in [6, 6.07) is 0. The number of hydrogen-bond donors (Lipinski definition) is 2. The zero-order chi connectivity index (χ0) is 10.7. The van der Waals surface area contributed by atoms with Crippen molar-refractivity contribution in [3.8, 4) is 0 Å². The van der Waals surface area contributed by atoms with E-state index in [1.54, 1.807) is 6.92 Å². The highest BCUT2D eigenvalue weighted by Gasteiger charge is 2.34. The van der Waals surface area contributed by atoms with Gasteiger partial charge < -0.3 is 15.1 Å². The van der Waals surface area contributed by atoms with Gasteiger partial charge in [0.1, 0.15) is 0 Å². The van der Waals surface area contributed by atoms with Crippen LogP contribution in [0.15, 0.2) is 0 Å². The van der Waals surface area contributed by atoms with Gasteiger partial charge in [0, 0.05) is 19.6 Å². The predicted octanol–water partition coefficient (Wildman–Crippen LogP) is 0.410. The first-order valence-corrected chi connectivity index (χ1v) is 5.17. The predicted molar refractivity (Wildman–Crippen MR) is 53.0 cm³/mol. The summed E-state index contributed by atoms with van der Waals surface area (Å²) < 4.78 is 0. The van der Waals surface area contributed by atoms with Crippen LogP contribution in [-0.2, 0) is 4.79 Å². The Hall–Kier alpha value is -0.610. The number of carboxylic acid groups (broad SMARTS) is 1. The molecule has 0 spiro atoms. The van der Waals surface area contributed by atoms with E-state index in [1.165, 1.54) is 0 Å². The third-order valence-corrected chi connectivity index (χ3v) is 3.02. The second kappa shape index (κ2) is 4.75. The van der Waals surface area contributed by atoms with Crippen LogP contribution in [0.3, 0.4) is 0 Å². The van der Waals surface area contributed by atoms with Crippen LogP contribution in [0.4, 0.5) is 0 Å². The van der Waals surface area contributed by atoms with E-state index in [-0.39, 0.29) is 17.9 Å². The lowest BCUT2D eigenvalue weighted by Gasteiger charge is -2.42. The van der Waals surface area contributed by atoms with Gasteiger partial charge >= 0.3 is 5.97 Å². The number of aliphatic hydroxyl groups excluding tert-OH is 1. The SMILES string of the molecule is CCC(O)CN1CC(C(C)C(=O)O)C1. The monoisotopic (exact) mass is 201 g/mol. The Morgan fingerprint density at radius 1 is 1.57 bits per heavy atom. The second-order valence-electron chi connectivity index (χ2n) is 4.17. The van der Waals surface area contributed by atoms with E-state index in [9.17, 15) is 9.90 Å². The molecule has 1 heterocycles. The lowest BCUT2D eigenvalue weighted by atomic mass is 9.87. The van der Waals surface area contributed by atoms with Crippen molar-refractivity contribution in [1.29, 1.82) is 0 Å². The molecule has 0 radical (unpaired) electrons. The number of aliphatic hydroxyl groups is 1. The van der Waals surface area contributed by atoms with Crippen molar-refractivity contribution in [3.63, 3.8) is 0 Å². The van der Waals surface area contributed by atoms with Gasteiger partial charge in [0.15, 0.2) is 0 Å². The van der Waals surface area contributed by atoms with Crippen LogP contribution in [0.1, 0.15) is 20.3 Å². The highest BCUT2D eigenvalue weighted by Crippen LogP contribution is 2.24. The summed E-state index contributed by atoms with van der Waals surface area (Å²) in [7, 11) is 0. The smallest absolute Gasteiger partial charge is 0.306 e. The summed E-state index contributed by atoms with van der Waals surface area (Å²) >= 11 is 0. The molecule has 0 aromatic heterocycles. The minimum Gasteiger partial charge on any atom is -0.481 e. The molecule has 2 unspecified atom stereocenters. The molecule has 14 heavy (non-hydrogen) atoms. The molecule has 0 aliphatic carbocycles. The normalized spacial score (nSPS) is 22.8. The third kappa shape index (κ3) is 2.69. The van der Waals surface area contributed by atoms with Crippen molar-refractivity contribution in [2.24, 2.45) is 11.8 Å². The number of carboxylic acids is 1. The molecule has 1 rings (SSSR count). The number of likely N-dealkylation sites (tertiary alicyclic amines) is 1. The lowest BCUT2D eigenvalue weighted by molar-refractivity contribution is -0.145. The number of carbonyl (C=O) groups is 1. The number of β-amino-alcohol motifs (C(OH)–C–C–N with tert-alkyl or cyclic N) is 1. The van der Waals surface area contributed by atoms with Gasteiger partial charge in [0.05, 0.1) is 12.0 Å². The highest BCUT2D eigenvalue weighted by molar-refractivity contribution is 5.70. The van der Waals surface area contributed by atoms with Gasteiger partial charge in [-0.3, -0.25) is 4.79 Å². The van der Waals surface area contributed by atoms with Crippen molar-refractivity contribution in [2.75, 3.05) is 19.6 Å². The molecule has 1 fully saturated rings. The summed E-state index contributed by atoms with van der Waals surface area (Å²) in [4.78, 5) is 12.8. The first-order chi connectivity index (χ1) is 6.54. The molecule has 4 heteroatoms. The van der Waals surface area contributed by atoms with Crippen LogP contribution < -0.4 is 0 Å². The van der Waals surface area contributed by atoms with Gasteiger partial charge in [-0.05, 0) is 12.3 Å². The lowest BCUT2D eigenvalue weighted by Crippen LogP contribution is -2.53. The fraction of sp³-hybridized carbons (Fsp3) is 0.900. The summed E-state index contributed by atoms with van der Waals surface area (Å²) in [6.45, 7) is 6.00. The fourth-order valence-corrected chi connectivity index (χ4v) is 1.70. The van der Waals surface area contributed by atoms with Crippen molar-refractivity contribution < 1.29 is 15.0 Å². The molecule has 1 saturated heterocycles. The quantitative estimate of drug-likeness (QED) is 0.676. The maximum atomic E-state index is 10.7. The van der Waals surface area contributed by atoms with Crippen molar-refractivity contribution in [2.45, 2.75) is 26.4 Å². The van der Waals surface area contributed by atoms with E-state index in [0.29, 0.717) is 6.54 Å². The molecule has 4 nitrogen and oxygen atoms in total. The maximum Gasteiger partial charge on any atom is 0.306 e. The molecule has 0 bridgehead atoms. The Morgan fingerprint density at radius 3 is 2.57 bits per heavy atom. The van der Waals surface area contributed by atoms with Crippen LogP contribution in [0.2, 0.25) is 0 Å². The van der Waals surface area contributed by atoms with Crippen LogP contribution >= 0.6 is 0 Å². The molecular formula is C10H19NO3. The molecule has 2 atom stereocenters. The molecule has 2 N–H and O–H groups in total. The fourth-order valence-electron chi connectivity index (χ4n) is 1.70. The zero-order valence-electron chi connectivity index (χ0n) is 8.81. The summed E-state index contributed by atoms with van der Waals surface area (Å²) in [5.74, 6) is -0.715. The standard InChI is InChI=1S/C10H19NO3/c1-3-9(12)6-11-4-8(5-11)7(2)10(13)14/h7-9,12H,3-6H2,1-2H3,(H,13,14). The highest BCUT2D eigenvalue weighted by atomic mass is 16.4. The van der Waals surface area contributed by atoms with E-state index in [0.717, 1.165) is 19.5 Å². The molecule has 1 aliphatic heterocycles. The second-order valence-corrected chi connectivity index (χ2v) is 4.17. The van der Waals surface area contributed by atoms with Gasteiger partial charge in [-0.2, -0.15) is 0 Å². The van der Waals surface area contributed by atoms with E-state index in [2.05, 4.69) is 4.90 Å². The van der Waals surface area contributed by atoms with Crippen LogP contribution in [-0.4, -0.2) is 46.8 Å². The minimum absolute atomic E-state index is 0.259. The van der Waals surface area contributed by atoms with Crippen molar-refractivity contribution in [3.05, 3.63) is 0 Å².